The van der Waals surface area contributed by atoms with E-state index in [9.17, 15) is 14.4 Å². The van der Waals surface area contributed by atoms with E-state index in [-0.39, 0.29) is 17.8 Å². The van der Waals surface area contributed by atoms with Gasteiger partial charge in [0.15, 0.2) is 0 Å². The zero-order valence-corrected chi connectivity index (χ0v) is 10.5. The molecule has 0 radical (unpaired) electrons. The number of imide groups is 1. The summed E-state index contributed by atoms with van der Waals surface area (Å²) in [5, 5.41) is 0.903. The Balaban J connectivity index is 3.25. The number of nitrogens with zero attached hydrogens (tertiary/aromatic N) is 2. The Morgan fingerprint density at radius 2 is 1.94 bits per heavy atom. The lowest BCUT2D eigenvalue weighted by Crippen LogP contribution is -2.44. The Kier molecular flexibility index (Phi) is 3.75. The molecule has 4 amide bonds. The van der Waals surface area contributed by atoms with Crippen molar-refractivity contribution in [1.29, 1.82) is 0 Å². The zero-order valence-electron chi connectivity index (χ0n) is 10.5. The Morgan fingerprint density at radius 3 is 2.44 bits per heavy atom. The molecule has 0 bridgehead atoms. The fraction of sp³-hybridized carbons (Fsp3) is 0.364. The Labute approximate surface area is 104 Å². The van der Waals surface area contributed by atoms with E-state index in [0.29, 0.717) is 5.57 Å². The van der Waals surface area contributed by atoms with Gasteiger partial charge < -0.3 is 10.6 Å². The molecule has 0 unspecified atom stereocenters. The molecule has 0 fully saturated rings. The molecule has 1 aliphatic rings. The molecule has 0 aromatic carbocycles. The van der Waals surface area contributed by atoms with Gasteiger partial charge in [0.25, 0.3) is 5.91 Å². The number of primary amides is 1. The largest absolute Gasteiger partial charge is 0.380 e. The highest BCUT2D eigenvalue weighted by Gasteiger charge is 2.30. The van der Waals surface area contributed by atoms with Gasteiger partial charge in [-0.05, 0) is 6.92 Å². The van der Waals surface area contributed by atoms with Gasteiger partial charge in [0.2, 0.25) is 5.91 Å². The summed E-state index contributed by atoms with van der Waals surface area (Å²) in [6.45, 7) is 5.12. The number of rotatable bonds is 2. The normalized spacial score (nSPS) is 17.6. The van der Waals surface area contributed by atoms with Crippen molar-refractivity contribution < 1.29 is 19.2 Å². The maximum Gasteiger partial charge on any atom is 0.359 e. The topological polar surface area (TPSA) is 92.9 Å². The van der Waals surface area contributed by atoms with Crippen LogP contribution >= 0.6 is 0 Å². The molecule has 0 atom stereocenters. The number of likely N-dealkylation sites (N-methyl/N-ethyl adjacent to an activating group) is 1. The van der Waals surface area contributed by atoms with Crippen molar-refractivity contribution in [3.05, 3.63) is 23.5 Å². The molecule has 98 valence electrons. The molecule has 7 nitrogen and oxygen atoms in total. The second-order valence-electron chi connectivity index (χ2n) is 3.89. The fourth-order valence-electron chi connectivity index (χ4n) is 1.55. The van der Waals surface area contributed by atoms with Crippen LogP contribution < -0.4 is 5.73 Å². The minimum atomic E-state index is -0.626. The fourth-order valence-corrected chi connectivity index (χ4v) is 1.55. The monoisotopic (exact) mass is 253 g/mol. The second kappa shape index (κ2) is 4.91. The zero-order chi connectivity index (χ0) is 14.0. The van der Waals surface area contributed by atoms with E-state index in [0.717, 1.165) is 9.96 Å². The van der Waals surface area contributed by atoms with Gasteiger partial charge in [0.1, 0.15) is 5.76 Å². The van der Waals surface area contributed by atoms with Gasteiger partial charge in [-0.15, -0.1) is 0 Å². The standard InChI is InChI=1S/C11H15N3O4/c1-6-8(5-9(12)15)7(2)18-14(4)11(17)13(3)10(6)16/h1,5H2,2-4H3,(H2,12,15). The minimum absolute atomic E-state index is 0.0234. The third kappa shape index (κ3) is 2.50. The summed E-state index contributed by atoms with van der Waals surface area (Å²) in [5.74, 6) is -0.957. The minimum Gasteiger partial charge on any atom is -0.380 e. The molecule has 0 spiro atoms. The second-order valence-corrected chi connectivity index (χ2v) is 3.89. The maximum absolute atomic E-state index is 11.9. The predicted octanol–water partition coefficient (Wildman–Crippen LogP) is 0.147. The number of hydrogen-bond donors (Lipinski definition) is 1. The number of hydrogen-bond acceptors (Lipinski definition) is 4. The van der Waals surface area contributed by atoms with Crippen molar-refractivity contribution in [2.24, 2.45) is 5.73 Å². The van der Waals surface area contributed by atoms with Crippen molar-refractivity contribution in [2.45, 2.75) is 13.3 Å². The van der Waals surface area contributed by atoms with Crippen LogP contribution in [0.5, 0.6) is 0 Å². The molecule has 1 aliphatic heterocycles. The van der Waals surface area contributed by atoms with Crippen molar-refractivity contribution in [2.75, 3.05) is 14.1 Å². The van der Waals surface area contributed by atoms with E-state index in [4.69, 9.17) is 10.6 Å². The molecule has 0 saturated carbocycles. The predicted molar refractivity (Wildman–Crippen MR) is 62.7 cm³/mol. The average molecular weight is 253 g/mol. The summed E-state index contributed by atoms with van der Waals surface area (Å²) in [4.78, 5) is 40.6. The quantitative estimate of drug-likeness (QED) is 0.709. The Hall–Kier alpha value is -2.31. The highest BCUT2D eigenvalue weighted by Crippen LogP contribution is 2.23. The van der Waals surface area contributed by atoms with E-state index in [1.165, 1.54) is 21.0 Å². The Morgan fingerprint density at radius 1 is 1.39 bits per heavy atom. The first-order chi connectivity index (χ1) is 8.25. The average Bonchev–Trinajstić information content (AvgIpc) is 2.30. The summed E-state index contributed by atoms with van der Waals surface area (Å²) in [6.07, 6.45) is -0.174. The third-order valence-corrected chi connectivity index (χ3v) is 2.53. The van der Waals surface area contributed by atoms with Crippen LogP contribution in [0, 0.1) is 0 Å². The number of urea groups is 1. The van der Waals surface area contributed by atoms with Crippen molar-refractivity contribution >= 4 is 17.8 Å². The highest BCUT2D eigenvalue weighted by atomic mass is 16.7. The molecule has 1 heterocycles. The van der Waals surface area contributed by atoms with Gasteiger partial charge in [0.05, 0.1) is 13.5 Å². The van der Waals surface area contributed by atoms with Crippen LogP contribution in [-0.2, 0) is 14.4 Å². The lowest BCUT2D eigenvalue weighted by atomic mass is 10.0. The van der Waals surface area contributed by atoms with E-state index in [2.05, 4.69) is 6.58 Å². The third-order valence-electron chi connectivity index (χ3n) is 2.53. The number of allylic oxidation sites excluding steroid dienone is 1. The van der Waals surface area contributed by atoms with E-state index in [1.807, 2.05) is 0 Å². The smallest absolute Gasteiger partial charge is 0.359 e. The summed E-state index contributed by atoms with van der Waals surface area (Å²) in [6, 6.07) is -0.626. The number of carbonyl (C=O) groups excluding carboxylic acids is 3. The SMILES string of the molecule is C=C1C(=O)N(C)C(=O)N(C)OC(C)=C1CC(N)=O. The highest BCUT2D eigenvalue weighted by molar-refractivity contribution is 6.06. The van der Waals surface area contributed by atoms with Gasteiger partial charge in [-0.1, -0.05) is 6.58 Å². The molecule has 18 heavy (non-hydrogen) atoms. The molecular weight excluding hydrogens is 238 g/mol. The van der Waals surface area contributed by atoms with Gasteiger partial charge in [-0.2, -0.15) is 5.06 Å². The van der Waals surface area contributed by atoms with Crippen LogP contribution in [0.15, 0.2) is 23.5 Å². The number of carbonyl (C=O) groups is 3. The van der Waals surface area contributed by atoms with Gasteiger partial charge in [-0.3, -0.25) is 14.5 Å². The lowest BCUT2D eigenvalue weighted by molar-refractivity contribution is -0.128. The molecule has 1 rings (SSSR count). The summed E-state index contributed by atoms with van der Waals surface area (Å²) >= 11 is 0. The Bertz CT molecular complexity index is 467. The first-order valence-electron chi connectivity index (χ1n) is 5.16. The summed E-state index contributed by atoms with van der Waals surface area (Å²) in [7, 11) is 2.67. The number of nitrogens with two attached hydrogens (primary N) is 1. The molecule has 0 aliphatic carbocycles. The van der Waals surface area contributed by atoms with Gasteiger partial charge in [0, 0.05) is 18.2 Å². The molecular formula is C11H15N3O4. The van der Waals surface area contributed by atoms with Crippen molar-refractivity contribution in [1.82, 2.24) is 9.96 Å². The first kappa shape index (κ1) is 13.8. The first-order valence-corrected chi connectivity index (χ1v) is 5.16. The van der Waals surface area contributed by atoms with Crippen LogP contribution in [0.3, 0.4) is 0 Å². The van der Waals surface area contributed by atoms with E-state index < -0.39 is 17.8 Å². The molecule has 7 heteroatoms. The molecule has 0 saturated heterocycles. The van der Waals surface area contributed by atoms with Crippen LogP contribution in [0.1, 0.15) is 13.3 Å². The summed E-state index contributed by atoms with van der Waals surface area (Å²) < 4.78 is 0. The maximum atomic E-state index is 11.9. The van der Waals surface area contributed by atoms with Crippen LogP contribution in [0.4, 0.5) is 4.79 Å². The number of amides is 4. The van der Waals surface area contributed by atoms with E-state index >= 15 is 0 Å². The van der Waals surface area contributed by atoms with Crippen LogP contribution in [-0.4, -0.2) is 41.9 Å². The lowest BCUT2D eigenvalue weighted by Gasteiger charge is -2.28. The molecule has 0 aromatic rings. The summed E-state index contributed by atoms with van der Waals surface area (Å²) in [5.41, 5.74) is 5.42. The van der Waals surface area contributed by atoms with Crippen LogP contribution in [0.2, 0.25) is 0 Å². The van der Waals surface area contributed by atoms with Crippen LogP contribution in [0.25, 0.3) is 0 Å². The van der Waals surface area contributed by atoms with E-state index in [1.54, 1.807) is 0 Å². The molecule has 2 N–H and O–H groups in total. The molecule has 0 aromatic heterocycles. The van der Waals surface area contributed by atoms with Crippen molar-refractivity contribution in [3.63, 3.8) is 0 Å². The van der Waals surface area contributed by atoms with Gasteiger partial charge in [-0.25, -0.2) is 4.79 Å². The van der Waals surface area contributed by atoms with Gasteiger partial charge >= 0.3 is 6.03 Å². The van der Waals surface area contributed by atoms with Crippen molar-refractivity contribution in [3.8, 4) is 0 Å². The number of hydroxylamine groups is 2.